The van der Waals surface area contributed by atoms with Crippen LogP contribution < -0.4 is 5.32 Å². The fourth-order valence-corrected chi connectivity index (χ4v) is 8.73. The number of hydrogen-bond acceptors (Lipinski definition) is 5. The second-order valence-electron chi connectivity index (χ2n) is 19.6. The predicted molar refractivity (Wildman–Crippen MR) is 283 cm³/mol. The fourth-order valence-electron chi connectivity index (χ4n) is 8.73. The third-order valence-electron chi connectivity index (χ3n) is 13.1. The number of aliphatic hydroxyl groups is 2. The first-order valence-corrected chi connectivity index (χ1v) is 28.7. The molecule has 0 aliphatic rings. The van der Waals surface area contributed by atoms with Crippen molar-refractivity contribution in [1.29, 1.82) is 0 Å². The third kappa shape index (κ3) is 51.3. The Hall–Kier alpha value is -1.92. The van der Waals surface area contributed by atoms with Gasteiger partial charge in [0.25, 0.3) is 0 Å². The molecule has 1 amide bonds. The highest BCUT2D eigenvalue weighted by molar-refractivity contribution is 5.76. The molecule has 382 valence electrons. The zero-order chi connectivity index (χ0) is 47.2. The zero-order valence-electron chi connectivity index (χ0n) is 43.5. The normalized spacial score (nSPS) is 12.9. The number of carbonyl (C=O) groups excluding carboxylic acids is 2. The molecule has 0 aliphatic heterocycles. The Labute approximate surface area is 404 Å². The summed E-state index contributed by atoms with van der Waals surface area (Å²) in [6, 6.07) is -0.565. The van der Waals surface area contributed by atoms with Crippen molar-refractivity contribution in [3.05, 3.63) is 36.5 Å². The van der Waals surface area contributed by atoms with Crippen molar-refractivity contribution in [3.8, 4) is 0 Å². The van der Waals surface area contributed by atoms with Gasteiger partial charge in [0.05, 0.1) is 25.4 Å². The first-order valence-electron chi connectivity index (χ1n) is 28.7. The van der Waals surface area contributed by atoms with E-state index in [1.165, 1.54) is 173 Å². The minimum absolute atomic E-state index is 0.0461. The summed E-state index contributed by atoms with van der Waals surface area (Å²) in [5, 5.41) is 23.3. The van der Waals surface area contributed by atoms with Crippen molar-refractivity contribution >= 4 is 11.9 Å². The number of carbonyl (C=O) groups is 2. The van der Waals surface area contributed by atoms with E-state index in [1.54, 1.807) is 0 Å². The Morgan fingerprint density at radius 3 is 1.25 bits per heavy atom. The molecular formula is C59H111NO5. The maximum Gasteiger partial charge on any atom is 0.305 e. The number of rotatable bonds is 53. The van der Waals surface area contributed by atoms with Crippen molar-refractivity contribution in [2.45, 2.75) is 315 Å². The summed E-state index contributed by atoms with van der Waals surface area (Å²) in [7, 11) is 0. The Balaban J connectivity index is 3.50. The largest absolute Gasteiger partial charge is 0.466 e. The number of hydrogen-bond donors (Lipinski definition) is 3. The average molecular weight is 915 g/mol. The molecule has 0 aromatic rings. The van der Waals surface area contributed by atoms with Gasteiger partial charge < -0.3 is 20.3 Å². The SMILES string of the molecule is CCC/C=C\C/C=C\CCCCCCCC(=O)OCCCC/C=C\CCCCCCCC(=O)NC(CO)C(O)CCCCCCCCCCCCCCCCCCCCCCCCCC. The van der Waals surface area contributed by atoms with Gasteiger partial charge in [0, 0.05) is 12.8 Å². The van der Waals surface area contributed by atoms with E-state index in [9.17, 15) is 19.8 Å². The molecule has 65 heavy (non-hydrogen) atoms. The van der Waals surface area contributed by atoms with E-state index >= 15 is 0 Å². The highest BCUT2D eigenvalue weighted by Gasteiger charge is 2.20. The van der Waals surface area contributed by atoms with E-state index in [-0.39, 0.29) is 18.5 Å². The Kier molecular flexibility index (Phi) is 53.1. The van der Waals surface area contributed by atoms with Crippen LogP contribution >= 0.6 is 0 Å². The van der Waals surface area contributed by atoms with Gasteiger partial charge in [-0.1, -0.05) is 249 Å². The molecule has 0 radical (unpaired) electrons. The van der Waals surface area contributed by atoms with Gasteiger partial charge in [-0.3, -0.25) is 9.59 Å². The smallest absolute Gasteiger partial charge is 0.305 e. The van der Waals surface area contributed by atoms with Crippen molar-refractivity contribution in [2.75, 3.05) is 13.2 Å². The van der Waals surface area contributed by atoms with Crippen molar-refractivity contribution in [2.24, 2.45) is 0 Å². The van der Waals surface area contributed by atoms with Gasteiger partial charge in [0.2, 0.25) is 5.91 Å². The zero-order valence-corrected chi connectivity index (χ0v) is 43.5. The lowest BCUT2D eigenvalue weighted by Crippen LogP contribution is -2.45. The molecule has 0 heterocycles. The van der Waals surface area contributed by atoms with Crippen LogP contribution in [0, 0.1) is 0 Å². The number of esters is 1. The van der Waals surface area contributed by atoms with Crippen molar-refractivity contribution in [3.63, 3.8) is 0 Å². The van der Waals surface area contributed by atoms with Crippen LogP contribution in [-0.4, -0.2) is 47.4 Å². The molecule has 0 bridgehead atoms. The fraction of sp³-hybridized carbons (Fsp3) is 0.864. The van der Waals surface area contributed by atoms with Gasteiger partial charge in [-0.25, -0.2) is 0 Å². The molecule has 0 spiro atoms. The second kappa shape index (κ2) is 54.7. The van der Waals surface area contributed by atoms with Gasteiger partial charge in [0.15, 0.2) is 0 Å². The predicted octanol–water partition coefficient (Wildman–Crippen LogP) is 17.6. The topological polar surface area (TPSA) is 95.9 Å². The van der Waals surface area contributed by atoms with E-state index in [0.29, 0.717) is 25.9 Å². The third-order valence-corrected chi connectivity index (χ3v) is 13.1. The van der Waals surface area contributed by atoms with E-state index < -0.39 is 12.1 Å². The summed E-state index contributed by atoms with van der Waals surface area (Å²) < 4.78 is 5.42. The molecule has 6 heteroatoms. The molecule has 0 rings (SSSR count). The molecule has 0 fully saturated rings. The molecule has 3 N–H and O–H groups in total. The van der Waals surface area contributed by atoms with Gasteiger partial charge >= 0.3 is 5.97 Å². The van der Waals surface area contributed by atoms with Crippen LogP contribution in [-0.2, 0) is 14.3 Å². The minimum Gasteiger partial charge on any atom is -0.466 e. The van der Waals surface area contributed by atoms with E-state index in [0.717, 1.165) is 96.3 Å². The second-order valence-corrected chi connectivity index (χ2v) is 19.6. The first-order chi connectivity index (χ1) is 32.0. The summed E-state index contributed by atoms with van der Waals surface area (Å²) in [6.45, 7) is 4.82. The van der Waals surface area contributed by atoms with Crippen LogP contribution in [0.15, 0.2) is 36.5 Å². The van der Waals surface area contributed by atoms with Crippen LogP contribution in [0.4, 0.5) is 0 Å². The molecule has 2 atom stereocenters. The molecule has 0 aliphatic carbocycles. The van der Waals surface area contributed by atoms with Crippen molar-refractivity contribution < 1.29 is 24.5 Å². The van der Waals surface area contributed by atoms with E-state index in [4.69, 9.17) is 4.74 Å². The van der Waals surface area contributed by atoms with Crippen LogP contribution in [0.2, 0.25) is 0 Å². The minimum atomic E-state index is -0.685. The standard InChI is InChI=1S/C59H111NO5/c1-3-5-7-9-11-13-15-17-18-19-20-21-22-23-24-25-26-27-29-31-35-39-43-47-51-57(62)56(55-61)60-58(63)52-48-44-40-36-32-30-34-38-42-46-50-54-65-59(64)53-49-45-41-37-33-28-16-14-12-10-8-6-4-2/h8,10,14,16,34,38,56-57,61-62H,3-7,9,11-13,15,17-33,35-37,39-55H2,1-2H3,(H,60,63)/b10-8-,16-14-,38-34-. The average Bonchev–Trinajstić information content (AvgIpc) is 3.31. The summed E-state index contributed by atoms with van der Waals surface area (Å²) in [5.74, 6) is -0.109. The monoisotopic (exact) mass is 914 g/mol. The van der Waals surface area contributed by atoms with Crippen LogP contribution in [0.1, 0.15) is 303 Å². The lowest BCUT2D eigenvalue weighted by Gasteiger charge is -2.22. The first kappa shape index (κ1) is 63.1. The maximum absolute atomic E-state index is 12.5. The summed E-state index contributed by atoms with van der Waals surface area (Å²) in [6.07, 6.45) is 67.1. The highest BCUT2D eigenvalue weighted by Crippen LogP contribution is 2.17. The number of ether oxygens (including phenoxy) is 1. The van der Waals surface area contributed by atoms with Gasteiger partial charge in [0.1, 0.15) is 0 Å². The lowest BCUT2D eigenvalue weighted by atomic mass is 10.0. The lowest BCUT2D eigenvalue weighted by molar-refractivity contribution is -0.143. The number of unbranched alkanes of at least 4 members (excludes halogenated alkanes) is 36. The molecule has 0 saturated carbocycles. The summed E-state index contributed by atoms with van der Waals surface area (Å²) >= 11 is 0. The number of allylic oxidation sites excluding steroid dienone is 6. The van der Waals surface area contributed by atoms with Crippen LogP contribution in [0.3, 0.4) is 0 Å². The van der Waals surface area contributed by atoms with Gasteiger partial charge in [-0.05, 0) is 77.0 Å². The number of aliphatic hydroxyl groups excluding tert-OH is 2. The van der Waals surface area contributed by atoms with Gasteiger partial charge in [-0.15, -0.1) is 0 Å². The molecule has 6 nitrogen and oxygen atoms in total. The molecule has 0 aromatic heterocycles. The van der Waals surface area contributed by atoms with Gasteiger partial charge in [-0.2, -0.15) is 0 Å². The highest BCUT2D eigenvalue weighted by atomic mass is 16.5. The van der Waals surface area contributed by atoms with E-state index in [2.05, 4.69) is 55.6 Å². The quantitative estimate of drug-likeness (QED) is 0.0321. The summed E-state index contributed by atoms with van der Waals surface area (Å²) in [4.78, 5) is 24.5. The Bertz CT molecular complexity index is 1060. The molecule has 0 aromatic carbocycles. The Morgan fingerprint density at radius 2 is 0.800 bits per heavy atom. The molecular weight excluding hydrogens is 803 g/mol. The van der Waals surface area contributed by atoms with Crippen molar-refractivity contribution in [1.82, 2.24) is 5.32 Å². The number of nitrogens with one attached hydrogen (secondary N) is 1. The Morgan fingerprint density at radius 1 is 0.431 bits per heavy atom. The van der Waals surface area contributed by atoms with E-state index in [1.807, 2.05) is 0 Å². The summed E-state index contributed by atoms with van der Waals surface area (Å²) in [5.41, 5.74) is 0. The molecule has 2 unspecified atom stereocenters. The van der Waals surface area contributed by atoms with Crippen LogP contribution in [0.25, 0.3) is 0 Å². The van der Waals surface area contributed by atoms with Crippen LogP contribution in [0.5, 0.6) is 0 Å². The number of amides is 1. The maximum atomic E-state index is 12.5. The molecule has 0 saturated heterocycles.